The molecular formula is C12H19NO. The Morgan fingerprint density at radius 3 is 2.36 bits per heavy atom. The third-order valence-corrected chi connectivity index (χ3v) is 3.38. The quantitative estimate of drug-likeness (QED) is 0.704. The van der Waals surface area contributed by atoms with Crippen LogP contribution in [0.15, 0.2) is 12.1 Å². The van der Waals surface area contributed by atoms with E-state index in [0.29, 0.717) is 12.1 Å². The summed E-state index contributed by atoms with van der Waals surface area (Å²) < 4.78 is 7.86. The molecule has 1 heterocycles. The Labute approximate surface area is 85.9 Å². The molecule has 2 heteroatoms. The second-order valence-electron chi connectivity index (χ2n) is 4.31. The van der Waals surface area contributed by atoms with E-state index >= 15 is 0 Å². The van der Waals surface area contributed by atoms with Crippen molar-refractivity contribution in [3.8, 4) is 0 Å². The van der Waals surface area contributed by atoms with Gasteiger partial charge in [0.25, 0.3) is 0 Å². The van der Waals surface area contributed by atoms with Crippen molar-refractivity contribution in [1.82, 2.24) is 4.57 Å². The van der Waals surface area contributed by atoms with Crippen LogP contribution in [0.5, 0.6) is 0 Å². The van der Waals surface area contributed by atoms with Crippen LogP contribution in [-0.2, 0) is 4.74 Å². The third-order valence-electron chi connectivity index (χ3n) is 3.38. The number of aryl methyl sites for hydroxylation is 2. The lowest BCUT2D eigenvalue weighted by Gasteiger charge is -2.17. The minimum atomic E-state index is 0.473. The first-order valence-corrected chi connectivity index (χ1v) is 5.39. The lowest BCUT2D eigenvalue weighted by Crippen LogP contribution is -2.11. The van der Waals surface area contributed by atoms with E-state index in [2.05, 4.69) is 30.5 Å². The maximum absolute atomic E-state index is 5.41. The van der Waals surface area contributed by atoms with E-state index in [9.17, 15) is 0 Å². The van der Waals surface area contributed by atoms with Gasteiger partial charge < -0.3 is 9.30 Å². The van der Waals surface area contributed by atoms with Gasteiger partial charge >= 0.3 is 0 Å². The molecule has 1 aromatic rings. The Morgan fingerprint density at radius 1 is 1.21 bits per heavy atom. The number of rotatable bonds is 2. The Hall–Kier alpha value is -0.760. The molecule has 0 amide bonds. The van der Waals surface area contributed by atoms with Crippen molar-refractivity contribution in [2.24, 2.45) is 0 Å². The topological polar surface area (TPSA) is 14.2 Å². The molecule has 2 unspecified atom stereocenters. The van der Waals surface area contributed by atoms with Crippen LogP contribution in [0.3, 0.4) is 0 Å². The first kappa shape index (κ1) is 9.78. The van der Waals surface area contributed by atoms with Crippen molar-refractivity contribution in [2.45, 2.75) is 45.3 Å². The van der Waals surface area contributed by atoms with Crippen molar-refractivity contribution in [1.29, 1.82) is 0 Å². The van der Waals surface area contributed by atoms with Crippen molar-refractivity contribution in [2.75, 3.05) is 7.11 Å². The van der Waals surface area contributed by atoms with Gasteiger partial charge in [0, 0.05) is 24.5 Å². The SMILES string of the molecule is COC1CCC(n2c(C)ccc2C)C1. The Bertz CT molecular complexity index is 297. The number of hydrogen-bond donors (Lipinski definition) is 0. The summed E-state index contributed by atoms with van der Waals surface area (Å²) in [5.41, 5.74) is 2.76. The molecular weight excluding hydrogens is 174 g/mol. The number of hydrogen-bond acceptors (Lipinski definition) is 1. The normalized spacial score (nSPS) is 27.1. The molecule has 0 aliphatic heterocycles. The van der Waals surface area contributed by atoms with Crippen LogP contribution < -0.4 is 0 Å². The molecule has 1 aromatic heterocycles. The van der Waals surface area contributed by atoms with Gasteiger partial charge in [-0.3, -0.25) is 0 Å². The van der Waals surface area contributed by atoms with Crippen LogP contribution in [0.2, 0.25) is 0 Å². The molecule has 0 radical (unpaired) electrons. The van der Waals surface area contributed by atoms with Gasteiger partial charge in [-0.2, -0.15) is 0 Å². The lowest BCUT2D eigenvalue weighted by atomic mass is 10.2. The first-order valence-electron chi connectivity index (χ1n) is 5.39. The van der Waals surface area contributed by atoms with E-state index < -0.39 is 0 Å². The number of aromatic nitrogens is 1. The van der Waals surface area contributed by atoms with Gasteiger partial charge in [-0.15, -0.1) is 0 Å². The molecule has 2 atom stereocenters. The zero-order valence-corrected chi connectivity index (χ0v) is 9.29. The molecule has 1 aliphatic rings. The number of methoxy groups -OCH3 is 1. The molecule has 0 saturated heterocycles. The molecule has 78 valence electrons. The fourth-order valence-corrected chi connectivity index (χ4v) is 2.62. The lowest BCUT2D eigenvalue weighted by molar-refractivity contribution is 0.105. The second kappa shape index (κ2) is 3.77. The van der Waals surface area contributed by atoms with E-state index in [1.54, 1.807) is 0 Å². The van der Waals surface area contributed by atoms with E-state index in [0.717, 1.165) is 0 Å². The summed E-state index contributed by atoms with van der Waals surface area (Å²) in [7, 11) is 1.82. The van der Waals surface area contributed by atoms with E-state index in [1.165, 1.54) is 30.7 Å². The molecule has 0 bridgehead atoms. The second-order valence-corrected chi connectivity index (χ2v) is 4.31. The van der Waals surface area contributed by atoms with Crippen LogP contribution in [0.25, 0.3) is 0 Å². The fourth-order valence-electron chi connectivity index (χ4n) is 2.62. The van der Waals surface area contributed by atoms with Crippen LogP contribution in [-0.4, -0.2) is 17.8 Å². The summed E-state index contributed by atoms with van der Waals surface area (Å²) in [5, 5.41) is 0. The molecule has 1 aliphatic carbocycles. The molecule has 2 rings (SSSR count). The average molecular weight is 193 g/mol. The van der Waals surface area contributed by atoms with Gasteiger partial charge in [0.15, 0.2) is 0 Å². The van der Waals surface area contributed by atoms with Crippen LogP contribution in [0.1, 0.15) is 36.7 Å². The predicted molar refractivity (Wildman–Crippen MR) is 57.6 cm³/mol. The highest BCUT2D eigenvalue weighted by atomic mass is 16.5. The largest absolute Gasteiger partial charge is 0.381 e. The number of ether oxygens (including phenoxy) is 1. The third kappa shape index (κ3) is 1.59. The summed E-state index contributed by atoms with van der Waals surface area (Å²) >= 11 is 0. The Balaban J connectivity index is 2.17. The maximum atomic E-state index is 5.41. The highest BCUT2D eigenvalue weighted by Gasteiger charge is 2.26. The zero-order chi connectivity index (χ0) is 10.1. The predicted octanol–water partition coefficient (Wildman–Crippen LogP) is 2.84. The Kier molecular flexibility index (Phi) is 2.64. The molecule has 0 N–H and O–H groups in total. The van der Waals surface area contributed by atoms with E-state index in [1.807, 2.05) is 7.11 Å². The smallest absolute Gasteiger partial charge is 0.0591 e. The minimum absolute atomic E-state index is 0.473. The van der Waals surface area contributed by atoms with Gasteiger partial charge in [0.05, 0.1) is 6.10 Å². The highest BCUT2D eigenvalue weighted by molar-refractivity contribution is 5.15. The summed E-state index contributed by atoms with van der Waals surface area (Å²) in [6.07, 6.45) is 4.11. The standard InChI is InChI=1S/C12H19NO/c1-9-4-5-10(2)13(9)11-6-7-12(8-11)14-3/h4-5,11-12H,6-8H2,1-3H3. The van der Waals surface area contributed by atoms with Crippen molar-refractivity contribution in [3.63, 3.8) is 0 Å². The van der Waals surface area contributed by atoms with Gasteiger partial charge in [-0.1, -0.05) is 0 Å². The van der Waals surface area contributed by atoms with E-state index in [-0.39, 0.29) is 0 Å². The summed E-state index contributed by atoms with van der Waals surface area (Å²) in [5.74, 6) is 0. The monoisotopic (exact) mass is 193 g/mol. The molecule has 1 fully saturated rings. The van der Waals surface area contributed by atoms with Crippen molar-refractivity contribution < 1.29 is 4.74 Å². The Morgan fingerprint density at radius 2 is 1.86 bits per heavy atom. The van der Waals surface area contributed by atoms with Gasteiger partial charge in [-0.25, -0.2) is 0 Å². The van der Waals surface area contributed by atoms with Crippen molar-refractivity contribution in [3.05, 3.63) is 23.5 Å². The van der Waals surface area contributed by atoms with Crippen molar-refractivity contribution >= 4 is 0 Å². The molecule has 1 saturated carbocycles. The van der Waals surface area contributed by atoms with E-state index in [4.69, 9.17) is 4.74 Å². The van der Waals surface area contributed by atoms with Gasteiger partial charge in [0.2, 0.25) is 0 Å². The van der Waals surface area contributed by atoms with Gasteiger partial charge in [-0.05, 0) is 45.2 Å². The van der Waals surface area contributed by atoms with Crippen LogP contribution in [0.4, 0.5) is 0 Å². The van der Waals surface area contributed by atoms with Crippen LogP contribution in [0, 0.1) is 13.8 Å². The summed E-state index contributed by atoms with van der Waals surface area (Å²) in [6.45, 7) is 4.38. The molecule has 2 nitrogen and oxygen atoms in total. The minimum Gasteiger partial charge on any atom is -0.381 e. The molecule has 0 aromatic carbocycles. The summed E-state index contributed by atoms with van der Waals surface area (Å²) in [6, 6.07) is 5.07. The number of nitrogens with zero attached hydrogens (tertiary/aromatic N) is 1. The van der Waals surface area contributed by atoms with Crippen LogP contribution >= 0.6 is 0 Å². The molecule has 14 heavy (non-hydrogen) atoms. The highest BCUT2D eigenvalue weighted by Crippen LogP contribution is 2.33. The molecule has 0 spiro atoms. The maximum Gasteiger partial charge on any atom is 0.0591 e. The van der Waals surface area contributed by atoms with Gasteiger partial charge in [0.1, 0.15) is 0 Å². The fraction of sp³-hybridized carbons (Fsp3) is 0.667. The summed E-state index contributed by atoms with van der Waals surface area (Å²) in [4.78, 5) is 0. The average Bonchev–Trinajstić information content (AvgIpc) is 2.73. The first-order chi connectivity index (χ1) is 6.72. The zero-order valence-electron chi connectivity index (χ0n) is 9.29.